The maximum atomic E-state index is 9.16. The Balaban J connectivity index is 2.09. The summed E-state index contributed by atoms with van der Waals surface area (Å²) in [4.78, 5) is 10.6. The summed E-state index contributed by atoms with van der Waals surface area (Å²) in [6.45, 7) is 8.03. The second-order valence-corrected chi connectivity index (χ2v) is 9.60. The highest BCUT2D eigenvalue weighted by Crippen LogP contribution is 2.25. The smallest absolute Gasteiger partial charge is 0.207 e. The molecule has 0 amide bonds. The molecule has 1 saturated heterocycles. The molecule has 8 heteroatoms. The summed E-state index contributed by atoms with van der Waals surface area (Å²) in [6, 6.07) is 5.04. The first kappa shape index (κ1) is 21.1. The molecule has 0 aliphatic carbocycles. The molecule has 1 fully saturated rings. The highest BCUT2D eigenvalue weighted by atomic mass is 35.5. The molecule has 0 spiro atoms. The highest BCUT2D eigenvalue weighted by molar-refractivity contribution is 7.09. The molecule has 1 aromatic heterocycles. The van der Waals surface area contributed by atoms with Crippen LogP contribution in [0.1, 0.15) is 44.1 Å². The lowest BCUT2D eigenvalue weighted by molar-refractivity contribution is 0.0963. The fourth-order valence-corrected chi connectivity index (χ4v) is 4.51. The van der Waals surface area contributed by atoms with E-state index < -0.39 is 0 Å². The average molecular weight is 437 g/mol. The average Bonchev–Trinajstić information content (AvgIpc) is 3.24. The van der Waals surface area contributed by atoms with Crippen LogP contribution in [-0.4, -0.2) is 23.1 Å². The van der Waals surface area contributed by atoms with Gasteiger partial charge in [0.2, 0.25) is 6.19 Å². The molecular formula is C20H22Cl2N4OS. The van der Waals surface area contributed by atoms with Crippen molar-refractivity contribution in [1.29, 1.82) is 5.26 Å². The molecule has 1 aliphatic heterocycles. The fraction of sp³-hybridized carbons (Fsp3) is 0.450. The Hall–Kier alpha value is -1.65. The van der Waals surface area contributed by atoms with Crippen LogP contribution in [0.2, 0.25) is 10.0 Å². The van der Waals surface area contributed by atoms with E-state index in [0.717, 1.165) is 30.8 Å². The van der Waals surface area contributed by atoms with E-state index in [-0.39, 0.29) is 17.4 Å². The van der Waals surface area contributed by atoms with Crippen molar-refractivity contribution in [1.82, 2.24) is 4.57 Å². The Morgan fingerprint density at radius 1 is 1.32 bits per heavy atom. The van der Waals surface area contributed by atoms with Gasteiger partial charge in [-0.3, -0.25) is 0 Å². The van der Waals surface area contributed by atoms with E-state index in [0.29, 0.717) is 15.6 Å². The number of aromatic nitrogens is 1. The van der Waals surface area contributed by atoms with E-state index in [1.807, 2.05) is 6.19 Å². The topological polar surface area (TPSA) is 62.7 Å². The van der Waals surface area contributed by atoms with E-state index in [1.54, 1.807) is 29.5 Å². The Labute approximate surface area is 178 Å². The molecule has 3 rings (SSSR count). The fourth-order valence-electron chi connectivity index (χ4n) is 2.93. The van der Waals surface area contributed by atoms with Gasteiger partial charge in [-0.25, -0.2) is 0 Å². The maximum Gasteiger partial charge on any atom is 0.207 e. The zero-order valence-electron chi connectivity index (χ0n) is 16.1. The van der Waals surface area contributed by atoms with Gasteiger partial charge in [-0.1, -0.05) is 44.0 Å². The summed E-state index contributed by atoms with van der Waals surface area (Å²) >= 11 is 13.8. The number of nitriles is 1. The van der Waals surface area contributed by atoms with Crippen molar-refractivity contribution in [2.24, 2.45) is 9.98 Å². The van der Waals surface area contributed by atoms with Gasteiger partial charge in [0.1, 0.15) is 0 Å². The number of rotatable bonds is 3. The lowest BCUT2D eigenvalue weighted by Crippen LogP contribution is -2.23. The summed E-state index contributed by atoms with van der Waals surface area (Å²) in [7, 11) is 0. The number of benzene rings is 1. The number of halogens is 2. The third-order valence-corrected chi connectivity index (χ3v) is 6.24. The summed E-state index contributed by atoms with van der Waals surface area (Å²) < 4.78 is 7.90. The lowest BCUT2D eigenvalue weighted by Gasteiger charge is -2.15. The van der Waals surface area contributed by atoms with Crippen LogP contribution < -0.4 is 4.80 Å². The van der Waals surface area contributed by atoms with Crippen molar-refractivity contribution in [3.63, 3.8) is 0 Å². The Morgan fingerprint density at radius 2 is 2.04 bits per heavy atom. The first-order chi connectivity index (χ1) is 13.3. The van der Waals surface area contributed by atoms with Gasteiger partial charge in [0, 0.05) is 33.3 Å². The molecule has 0 unspecified atom stereocenters. The SMILES string of the molecule is CC(C)(C)c1cn(C[C@H]2CCCO2)/c(=N/C(=N/C#N)c2cc(Cl)cc(Cl)c2)s1. The molecule has 0 bridgehead atoms. The largest absolute Gasteiger partial charge is 0.376 e. The van der Waals surface area contributed by atoms with Gasteiger partial charge in [-0.05, 0) is 36.5 Å². The second-order valence-electron chi connectivity index (χ2n) is 7.72. The third-order valence-electron chi connectivity index (χ3n) is 4.36. The molecule has 28 heavy (non-hydrogen) atoms. The van der Waals surface area contributed by atoms with Gasteiger partial charge in [0.05, 0.1) is 12.6 Å². The van der Waals surface area contributed by atoms with E-state index in [9.17, 15) is 0 Å². The summed E-state index contributed by atoms with van der Waals surface area (Å²) in [5.74, 6) is 0.287. The van der Waals surface area contributed by atoms with Crippen molar-refractivity contribution in [3.05, 3.63) is 49.7 Å². The van der Waals surface area contributed by atoms with Gasteiger partial charge >= 0.3 is 0 Å². The predicted molar refractivity (Wildman–Crippen MR) is 114 cm³/mol. The molecule has 0 radical (unpaired) electrons. The number of thiazole rings is 1. The monoisotopic (exact) mass is 436 g/mol. The number of aliphatic imine (C=N–C) groups is 1. The van der Waals surface area contributed by atoms with E-state index >= 15 is 0 Å². The van der Waals surface area contributed by atoms with E-state index in [4.69, 9.17) is 38.2 Å². The van der Waals surface area contributed by atoms with Crippen LogP contribution in [-0.2, 0) is 16.7 Å². The van der Waals surface area contributed by atoms with E-state index in [2.05, 4.69) is 36.5 Å². The number of amidine groups is 1. The molecular weight excluding hydrogens is 415 g/mol. The third kappa shape index (κ3) is 5.24. The van der Waals surface area contributed by atoms with Crippen LogP contribution in [0, 0.1) is 11.5 Å². The zero-order chi connectivity index (χ0) is 20.3. The Morgan fingerprint density at radius 3 is 2.61 bits per heavy atom. The molecule has 0 N–H and O–H groups in total. The molecule has 1 aromatic carbocycles. The van der Waals surface area contributed by atoms with E-state index in [1.165, 1.54) is 4.88 Å². The number of hydrogen-bond acceptors (Lipinski definition) is 4. The standard InChI is InChI=1S/C20H22Cl2N4OS/c1-20(2,3)17-11-26(10-16-5-4-6-27-16)19(28-17)25-18(24-12-23)13-7-14(21)9-15(22)8-13/h7-9,11,16H,4-6,10H2,1-3H3/b24-18+,25-19-/t16-/m1/s1. The van der Waals surface area contributed by atoms with Crippen LogP contribution in [0.3, 0.4) is 0 Å². The van der Waals surface area contributed by atoms with Crippen LogP contribution in [0.15, 0.2) is 34.4 Å². The minimum atomic E-state index is -0.0113. The van der Waals surface area contributed by atoms with Gasteiger partial charge < -0.3 is 9.30 Å². The van der Waals surface area contributed by atoms with Crippen molar-refractivity contribution >= 4 is 40.4 Å². The summed E-state index contributed by atoms with van der Waals surface area (Å²) in [5, 5.41) is 10.1. The molecule has 2 aromatic rings. The van der Waals surface area contributed by atoms with Crippen LogP contribution in [0.5, 0.6) is 0 Å². The molecule has 2 heterocycles. The summed E-state index contributed by atoms with van der Waals surface area (Å²) in [6.07, 6.45) is 6.26. The maximum absolute atomic E-state index is 9.16. The number of nitrogens with zero attached hydrogens (tertiary/aromatic N) is 4. The van der Waals surface area contributed by atoms with Crippen molar-refractivity contribution < 1.29 is 4.74 Å². The quantitative estimate of drug-likeness (QED) is 0.378. The molecule has 1 aliphatic rings. The predicted octanol–water partition coefficient (Wildman–Crippen LogP) is 5.16. The highest BCUT2D eigenvalue weighted by Gasteiger charge is 2.21. The lowest BCUT2D eigenvalue weighted by atomic mass is 9.95. The zero-order valence-corrected chi connectivity index (χ0v) is 18.4. The molecule has 5 nitrogen and oxygen atoms in total. The second kappa shape index (κ2) is 8.79. The van der Waals surface area contributed by atoms with Crippen molar-refractivity contribution in [2.45, 2.75) is 51.7 Å². The van der Waals surface area contributed by atoms with Gasteiger partial charge in [-0.15, -0.1) is 11.3 Å². The van der Waals surface area contributed by atoms with Crippen molar-refractivity contribution in [3.8, 4) is 6.19 Å². The van der Waals surface area contributed by atoms with Crippen LogP contribution >= 0.6 is 34.5 Å². The minimum absolute atomic E-state index is 0.0113. The van der Waals surface area contributed by atoms with Gasteiger partial charge in [0.15, 0.2) is 10.6 Å². The van der Waals surface area contributed by atoms with Crippen LogP contribution in [0.25, 0.3) is 0 Å². The Kier molecular flexibility index (Phi) is 6.61. The Bertz CT molecular complexity index is 969. The number of ether oxygens (including phenoxy) is 1. The molecule has 1 atom stereocenters. The van der Waals surface area contributed by atoms with Gasteiger partial charge in [-0.2, -0.15) is 15.2 Å². The first-order valence-corrected chi connectivity index (χ1v) is 10.6. The van der Waals surface area contributed by atoms with Gasteiger partial charge in [0.25, 0.3) is 0 Å². The number of hydrogen-bond donors (Lipinski definition) is 0. The molecule has 148 valence electrons. The van der Waals surface area contributed by atoms with Crippen LogP contribution in [0.4, 0.5) is 0 Å². The minimum Gasteiger partial charge on any atom is -0.376 e. The van der Waals surface area contributed by atoms with Crippen molar-refractivity contribution in [2.75, 3.05) is 6.61 Å². The first-order valence-electron chi connectivity index (χ1n) is 9.06. The molecule has 0 saturated carbocycles. The normalized spacial score (nSPS) is 18.5. The summed E-state index contributed by atoms with van der Waals surface area (Å²) in [5.41, 5.74) is 0.594.